The number of nitrogen functional groups attached to an aromatic ring is 1. The predicted molar refractivity (Wildman–Crippen MR) is 123 cm³/mol. The van der Waals surface area contributed by atoms with Crippen LogP contribution in [0.3, 0.4) is 0 Å². The highest BCUT2D eigenvalue weighted by atomic mass is 16.3. The number of aliphatic hydroxyl groups excluding tert-OH is 1. The Bertz CT molecular complexity index is 903. The molecule has 154 valence electrons. The van der Waals surface area contributed by atoms with Crippen LogP contribution in [0.15, 0.2) is 54.6 Å². The molecule has 2 aromatic carbocycles. The van der Waals surface area contributed by atoms with Crippen molar-refractivity contribution in [3.8, 4) is 11.3 Å². The van der Waals surface area contributed by atoms with Crippen LogP contribution in [-0.2, 0) is 0 Å². The molecule has 0 aliphatic heterocycles. The van der Waals surface area contributed by atoms with Crippen molar-refractivity contribution in [2.24, 2.45) is 0 Å². The largest absolute Gasteiger partial charge is 0.397 e. The van der Waals surface area contributed by atoms with E-state index in [4.69, 9.17) is 10.7 Å². The molecule has 0 aliphatic carbocycles. The zero-order chi connectivity index (χ0) is 20.6. The van der Waals surface area contributed by atoms with Gasteiger partial charge in [-0.3, -0.25) is 0 Å². The average Bonchev–Trinajstić information content (AvgIpc) is 2.75. The van der Waals surface area contributed by atoms with Crippen LogP contribution in [0, 0.1) is 0 Å². The van der Waals surface area contributed by atoms with E-state index < -0.39 is 6.10 Å². The summed E-state index contributed by atoms with van der Waals surface area (Å²) in [6, 6.07) is 17.9. The fraction of sp³-hybridized carbons (Fsp3) is 0.400. The van der Waals surface area contributed by atoms with Gasteiger partial charge in [0.15, 0.2) is 0 Å². The van der Waals surface area contributed by atoms with Gasteiger partial charge in [0.2, 0.25) is 0 Å². The van der Waals surface area contributed by atoms with Crippen molar-refractivity contribution in [1.29, 1.82) is 0 Å². The molecule has 1 unspecified atom stereocenters. The van der Waals surface area contributed by atoms with E-state index in [-0.39, 0.29) is 0 Å². The minimum Gasteiger partial charge on any atom is -0.397 e. The maximum Gasteiger partial charge on any atom is 0.0942 e. The van der Waals surface area contributed by atoms with Crippen LogP contribution in [0.25, 0.3) is 22.2 Å². The summed E-state index contributed by atoms with van der Waals surface area (Å²) in [6.07, 6.45) is 4.03. The molecule has 0 aliphatic rings. The van der Waals surface area contributed by atoms with Crippen molar-refractivity contribution in [3.05, 3.63) is 60.2 Å². The number of unbranched alkanes of at least 4 members (excludes halogenated alkanes) is 2. The number of anilines is 1. The Morgan fingerprint density at radius 2 is 1.66 bits per heavy atom. The summed E-state index contributed by atoms with van der Waals surface area (Å²) in [4.78, 5) is 7.20. The average molecular weight is 392 g/mol. The maximum atomic E-state index is 11.2. The molecule has 0 saturated carbocycles. The molecule has 3 rings (SSSR count). The van der Waals surface area contributed by atoms with Gasteiger partial charge in [0.1, 0.15) is 0 Å². The van der Waals surface area contributed by atoms with Gasteiger partial charge in [0.05, 0.1) is 23.0 Å². The van der Waals surface area contributed by atoms with Gasteiger partial charge < -0.3 is 15.7 Å². The van der Waals surface area contributed by atoms with Crippen LogP contribution in [0.4, 0.5) is 5.69 Å². The quantitative estimate of drug-likeness (QED) is 0.453. The molecule has 1 atom stereocenters. The summed E-state index contributed by atoms with van der Waals surface area (Å²) in [5.74, 6) is 0. The van der Waals surface area contributed by atoms with E-state index in [1.165, 1.54) is 0 Å². The molecular formula is C25H33N3O. The summed E-state index contributed by atoms with van der Waals surface area (Å²) < 4.78 is 0. The third kappa shape index (κ3) is 5.34. The second kappa shape index (κ2) is 10.4. The zero-order valence-electron chi connectivity index (χ0n) is 17.6. The van der Waals surface area contributed by atoms with Crippen LogP contribution in [0.2, 0.25) is 0 Å². The van der Waals surface area contributed by atoms with Crippen molar-refractivity contribution in [3.63, 3.8) is 0 Å². The van der Waals surface area contributed by atoms with Crippen LogP contribution < -0.4 is 5.73 Å². The maximum absolute atomic E-state index is 11.2. The van der Waals surface area contributed by atoms with Crippen LogP contribution in [0.1, 0.15) is 51.2 Å². The lowest BCUT2D eigenvalue weighted by Crippen LogP contribution is -2.31. The highest BCUT2D eigenvalue weighted by Crippen LogP contribution is 2.31. The van der Waals surface area contributed by atoms with Gasteiger partial charge >= 0.3 is 0 Å². The monoisotopic (exact) mass is 391 g/mol. The summed E-state index contributed by atoms with van der Waals surface area (Å²) in [6.45, 7) is 7.08. The van der Waals surface area contributed by atoms with Gasteiger partial charge in [-0.05, 0) is 43.6 Å². The first-order chi connectivity index (χ1) is 14.1. The van der Waals surface area contributed by atoms with Crippen molar-refractivity contribution in [2.75, 3.05) is 25.4 Å². The Hall–Kier alpha value is -2.43. The molecule has 29 heavy (non-hydrogen) atoms. The number of nitrogens with zero attached hydrogens (tertiary/aromatic N) is 2. The normalized spacial score (nSPS) is 12.6. The van der Waals surface area contributed by atoms with E-state index in [0.29, 0.717) is 12.2 Å². The highest BCUT2D eigenvalue weighted by Gasteiger charge is 2.18. The lowest BCUT2D eigenvalue weighted by atomic mass is 9.99. The van der Waals surface area contributed by atoms with E-state index in [9.17, 15) is 5.11 Å². The molecule has 4 heteroatoms. The van der Waals surface area contributed by atoms with Crippen LogP contribution in [-0.4, -0.2) is 34.6 Å². The number of pyridine rings is 1. The van der Waals surface area contributed by atoms with Crippen LogP contribution >= 0.6 is 0 Å². The molecule has 0 fully saturated rings. The molecule has 0 bridgehead atoms. The topological polar surface area (TPSA) is 62.4 Å². The summed E-state index contributed by atoms with van der Waals surface area (Å²) in [5.41, 5.74) is 10.4. The number of aromatic nitrogens is 1. The van der Waals surface area contributed by atoms with E-state index in [2.05, 4.69) is 18.7 Å². The Balaban J connectivity index is 1.98. The van der Waals surface area contributed by atoms with Gasteiger partial charge in [-0.25, -0.2) is 4.98 Å². The smallest absolute Gasteiger partial charge is 0.0942 e. The zero-order valence-corrected chi connectivity index (χ0v) is 17.6. The second-order valence-corrected chi connectivity index (χ2v) is 7.73. The first-order valence-electron chi connectivity index (χ1n) is 10.8. The van der Waals surface area contributed by atoms with Gasteiger partial charge in [-0.1, -0.05) is 69.2 Å². The number of hydrogen-bond donors (Lipinski definition) is 2. The minimum atomic E-state index is -0.585. The van der Waals surface area contributed by atoms with Crippen molar-refractivity contribution in [2.45, 2.75) is 45.6 Å². The van der Waals surface area contributed by atoms with Gasteiger partial charge in [0, 0.05) is 17.5 Å². The number of para-hydroxylation sites is 1. The number of rotatable bonds is 10. The number of fused-ring (bicyclic) bond motifs is 1. The Morgan fingerprint density at radius 3 is 2.31 bits per heavy atom. The molecule has 0 saturated heterocycles. The minimum absolute atomic E-state index is 0.585. The Labute approximate surface area is 174 Å². The molecule has 0 spiro atoms. The lowest BCUT2D eigenvalue weighted by molar-refractivity contribution is 0.112. The molecule has 0 radical (unpaired) electrons. The third-order valence-electron chi connectivity index (χ3n) is 5.42. The first-order valence-corrected chi connectivity index (χ1v) is 10.8. The predicted octanol–water partition coefficient (Wildman–Crippen LogP) is 5.42. The Morgan fingerprint density at radius 1 is 0.966 bits per heavy atom. The number of hydrogen-bond acceptors (Lipinski definition) is 4. The third-order valence-corrected chi connectivity index (χ3v) is 5.42. The molecule has 3 N–H and O–H groups in total. The number of benzene rings is 2. The van der Waals surface area contributed by atoms with Gasteiger partial charge in [-0.2, -0.15) is 0 Å². The summed E-state index contributed by atoms with van der Waals surface area (Å²) >= 11 is 0. The Kier molecular flexibility index (Phi) is 7.62. The van der Waals surface area contributed by atoms with E-state index >= 15 is 0 Å². The van der Waals surface area contributed by atoms with Crippen molar-refractivity contribution < 1.29 is 5.11 Å². The number of nitrogens with two attached hydrogens (primary N) is 1. The van der Waals surface area contributed by atoms with E-state index in [1.54, 1.807) is 0 Å². The van der Waals surface area contributed by atoms with Crippen molar-refractivity contribution in [1.82, 2.24) is 9.88 Å². The van der Waals surface area contributed by atoms with Crippen LogP contribution in [0.5, 0.6) is 0 Å². The van der Waals surface area contributed by atoms with Gasteiger partial charge in [0.25, 0.3) is 0 Å². The van der Waals surface area contributed by atoms with Gasteiger partial charge in [-0.15, -0.1) is 0 Å². The van der Waals surface area contributed by atoms with E-state index in [1.807, 2.05) is 54.6 Å². The molecular weight excluding hydrogens is 358 g/mol. The molecule has 0 amide bonds. The van der Waals surface area contributed by atoms with Crippen molar-refractivity contribution >= 4 is 16.6 Å². The summed E-state index contributed by atoms with van der Waals surface area (Å²) in [5, 5.41) is 12.2. The highest BCUT2D eigenvalue weighted by molar-refractivity contribution is 5.93. The van der Waals surface area contributed by atoms with E-state index in [0.717, 1.165) is 66.5 Å². The standard InChI is InChI=1S/C25H33N3O/c1-3-5-15-28(16-6-4-2)18-24(29)21-17-23(19-11-8-7-9-12-19)27-25-20(21)13-10-14-22(25)26/h7-14,17,24,29H,3-6,15-16,18,26H2,1-2H3. The molecule has 4 nitrogen and oxygen atoms in total. The SMILES string of the molecule is CCCCN(CCCC)CC(O)c1cc(-c2ccccc2)nc2c(N)cccc12. The number of aliphatic hydroxyl groups is 1. The molecule has 1 aromatic heterocycles. The summed E-state index contributed by atoms with van der Waals surface area (Å²) in [7, 11) is 0. The molecule has 1 heterocycles. The fourth-order valence-corrected chi connectivity index (χ4v) is 3.73. The first kappa shape index (κ1) is 21.3. The fourth-order valence-electron chi connectivity index (χ4n) is 3.73. The molecule has 3 aromatic rings. The second-order valence-electron chi connectivity index (χ2n) is 7.73. The lowest BCUT2D eigenvalue weighted by Gasteiger charge is -2.26.